The molecule has 1 aromatic heterocycles. The first-order valence-corrected chi connectivity index (χ1v) is 8.19. The molecule has 0 amide bonds. The molecule has 0 bridgehead atoms. The average molecular weight is 304 g/mol. The van der Waals surface area contributed by atoms with Gasteiger partial charge in [0.15, 0.2) is 10.3 Å². The van der Waals surface area contributed by atoms with E-state index in [4.69, 9.17) is 0 Å². The maximum atomic E-state index is 3.44. The summed E-state index contributed by atoms with van der Waals surface area (Å²) in [4.78, 5) is 1.35. The van der Waals surface area contributed by atoms with Gasteiger partial charge in [-0.3, -0.25) is 0 Å². The molecule has 14 heavy (non-hydrogen) atoms. The van der Waals surface area contributed by atoms with E-state index in [1.54, 1.807) is 0 Å². The topological polar surface area (TPSA) is 0 Å². The molecule has 1 heterocycles. The van der Waals surface area contributed by atoms with Crippen LogP contribution < -0.4 is 0 Å². The molecular formula is C10H8BrS3+. The zero-order valence-corrected chi connectivity index (χ0v) is 11.5. The lowest BCUT2D eigenvalue weighted by Gasteiger charge is -1.93. The molecule has 0 atom stereocenters. The second-order valence-electron chi connectivity index (χ2n) is 2.71. The lowest BCUT2D eigenvalue weighted by Crippen LogP contribution is -1.70. The van der Waals surface area contributed by atoms with Gasteiger partial charge in [0.2, 0.25) is 0 Å². The molecule has 0 saturated heterocycles. The Balaban J connectivity index is 2.34. The molecule has 0 aliphatic carbocycles. The summed E-state index contributed by atoms with van der Waals surface area (Å²) in [5, 5.41) is 0. The molecule has 2 rings (SSSR count). The summed E-state index contributed by atoms with van der Waals surface area (Å²) in [5.74, 6) is 0. The maximum absolute atomic E-state index is 3.44. The summed E-state index contributed by atoms with van der Waals surface area (Å²) < 4.78 is 2.51. The molecule has 0 radical (unpaired) electrons. The molecule has 0 aliphatic rings. The first-order valence-electron chi connectivity index (χ1n) is 4.02. The number of thioether (sulfide) groups is 1. The Labute approximate surface area is 104 Å². The van der Waals surface area contributed by atoms with Gasteiger partial charge in [0.25, 0.3) is 4.21 Å². The smallest absolute Gasteiger partial charge is 0.0666 e. The van der Waals surface area contributed by atoms with Crippen LogP contribution in [0.1, 0.15) is 0 Å². The summed E-state index contributed by atoms with van der Waals surface area (Å²) in [6.45, 7) is 0. The van der Waals surface area contributed by atoms with E-state index in [-0.39, 0.29) is 0 Å². The number of hydrogen-bond donors (Lipinski definition) is 0. The van der Waals surface area contributed by atoms with Crippen LogP contribution in [-0.2, 0) is 0 Å². The van der Waals surface area contributed by atoms with E-state index in [1.807, 2.05) is 32.4 Å². The molecule has 0 spiro atoms. The molecule has 0 nitrogen and oxygen atoms in total. The minimum atomic E-state index is 1.13. The van der Waals surface area contributed by atoms with Gasteiger partial charge in [-0.1, -0.05) is 39.8 Å². The Morgan fingerprint density at radius 3 is 2.57 bits per heavy atom. The average Bonchev–Trinajstić information content (AvgIpc) is 2.67. The van der Waals surface area contributed by atoms with Gasteiger partial charge in [-0.05, 0) is 24.0 Å². The third-order valence-electron chi connectivity index (χ3n) is 1.79. The Hall–Kier alpha value is 0.1000. The van der Waals surface area contributed by atoms with Gasteiger partial charge in [-0.25, -0.2) is 0 Å². The predicted octanol–water partition coefficient (Wildman–Crippen LogP) is 5.24. The predicted molar refractivity (Wildman–Crippen MR) is 71.5 cm³/mol. The molecule has 0 N–H and O–H groups in total. The first-order chi connectivity index (χ1) is 6.79. The zero-order chi connectivity index (χ0) is 9.97. The van der Waals surface area contributed by atoms with Crippen LogP contribution in [0, 0.1) is 0 Å². The fourth-order valence-electron chi connectivity index (χ4n) is 1.08. The zero-order valence-electron chi connectivity index (χ0n) is 7.49. The van der Waals surface area contributed by atoms with Crippen molar-refractivity contribution in [2.45, 2.75) is 4.21 Å². The summed E-state index contributed by atoms with van der Waals surface area (Å²) >= 11 is 5.25. The van der Waals surface area contributed by atoms with Gasteiger partial charge in [0, 0.05) is 10.5 Å². The second kappa shape index (κ2) is 4.75. The van der Waals surface area contributed by atoms with Gasteiger partial charge < -0.3 is 0 Å². The quantitative estimate of drug-likeness (QED) is 0.415. The highest BCUT2D eigenvalue weighted by Crippen LogP contribution is 2.36. The van der Waals surface area contributed by atoms with Crippen LogP contribution in [0.4, 0.5) is 0 Å². The normalized spacial score (nSPS) is 10.4. The molecular weight excluding hydrogens is 296 g/mol. The van der Waals surface area contributed by atoms with E-state index in [1.165, 1.54) is 14.6 Å². The fourth-order valence-corrected chi connectivity index (χ4v) is 4.75. The van der Waals surface area contributed by atoms with E-state index in [0.717, 1.165) is 4.47 Å². The fraction of sp³-hybridized carbons (Fsp3) is 0.100. The number of hydrogen-bond acceptors (Lipinski definition) is 2. The van der Waals surface area contributed by atoms with Crippen LogP contribution >= 0.6 is 48.4 Å². The highest BCUT2D eigenvalue weighted by Gasteiger charge is 2.13. The highest BCUT2D eigenvalue weighted by atomic mass is 79.9. The van der Waals surface area contributed by atoms with Gasteiger partial charge in [0.05, 0.1) is 4.88 Å². The molecule has 2 aromatic rings. The molecule has 1 aromatic carbocycles. The summed E-state index contributed by atoms with van der Waals surface area (Å²) in [6, 6.07) is 10.7. The van der Waals surface area contributed by atoms with Crippen LogP contribution in [0.5, 0.6) is 0 Å². The van der Waals surface area contributed by atoms with Crippen molar-refractivity contribution in [2.24, 2.45) is 0 Å². The second-order valence-corrected chi connectivity index (χ2v) is 6.94. The number of halogens is 1. The molecule has 0 fully saturated rings. The number of rotatable bonds is 2. The molecule has 0 unspecified atom stereocenters. The molecule has 4 heteroatoms. The third kappa shape index (κ3) is 2.37. The van der Waals surface area contributed by atoms with Crippen LogP contribution in [0.3, 0.4) is 0 Å². The van der Waals surface area contributed by atoms with Crippen LogP contribution in [0.2, 0.25) is 0 Å². The van der Waals surface area contributed by atoms with Gasteiger partial charge in [-0.15, -0.1) is 0 Å². The highest BCUT2D eigenvalue weighted by molar-refractivity contribution is 9.10. The van der Waals surface area contributed by atoms with Gasteiger partial charge >= 0.3 is 10.3 Å². The Morgan fingerprint density at radius 1 is 1.29 bits per heavy atom. The van der Waals surface area contributed by atoms with Crippen LogP contribution in [0.25, 0.3) is 10.4 Å². The third-order valence-corrected chi connectivity index (χ3v) is 6.13. The Bertz CT molecular complexity index is 419. The molecule has 0 saturated carbocycles. The van der Waals surface area contributed by atoms with E-state index >= 15 is 0 Å². The lowest BCUT2D eigenvalue weighted by atomic mass is 10.2. The first kappa shape index (κ1) is 10.6. The maximum Gasteiger partial charge on any atom is 0.308 e. The minimum Gasteiger partial charge on any atom is -0.0666 e. The van der Waals surface area contributed by atoms with Crippen molar-refractivity contribution in [2.75, 3.05) is 6.26 Å². The summed E-state index contributed by atoms with van der Waals surface area (Å²) in [5.41, 5.74) is 1.30. The van der Waals surface area contributed by atoms with Crippen molar-refractivity contribution in [3.8, 4) is 10.4 Å². The Morgan fingerprint density at radius 2 is 2.00 bits per heavy atom. The standard InChI is InChI=1S/C10H8BrS3/c1-12-10-6-9(13-14-10)7-2-4-8(11)5-3-7/h2-6H,1H3/q+1. The molecule has 72 valence electrons. The van der Waals surface area contributed by atoms with Crippen molar-refractivity contribution in [3.63, 3.8) is 0 Å². The summed E-state index contributed by atoms with van der Waals surface area (Å²) in [6.07, 6.45) is 2.11. The van der Waals surface area contributed by atoms with Crippen molar-refractivity contribution < 1.29 is 0 Å². The van der Waals surface area contributed by atoms with Crippen molar-refractivity contribution in [1.82, 2.24) is 0 Å². The van der Waals surface area contributed by atoms with E-state index in [0.29, 0.717) is 0 Å². The van der Waals surface area contributed by atoms with E-state index in [2.05, 4.69) is 52.5 Å². The monoisotopic (exact) mass is 303 g/mol. The molecule has 0 aliphatic heterocycles. The van der Waals surface area contributed by atoms with Crippen LogP contribution in [-0.4, -0.2) is 6.26 Å². The Kier molecular flexibility index (Phi) is 3.60. The van der Waals surface area contributed by atoms with Gasteiger partial charge in [0.1, 0.15) is 0 Å². The lowest BCUT2D eigenvalue weighted by molar-refractivity contribution is 1.63. The van der Waals surface area contributed by atoms with Crippen molar-refractivity contribution in [3.05, 3.63) is 34.8 Å². The van der Waals surface area contributed by atoms with Crippen molar-refractivity contribution >= 4 is 48.4 Å². The SMILES string of the molecule is CSc1cc(-c2ccc(Br)cc2)s[s+]1. The largest absolute Gasteiger partial charge is 0.308 e. The number of benzene rings is 1. The van der Waals surface area contributed by atoms with E-state index in [9.17, 15) is 0 Å². The van der Waals surface area contributed by atoms with E-state index < -0.39 is 0 Å². The van der Waals surface area contributed by atoms with Crippen LogP contribution in [0.15, 0.2) is 39.0 Å². The summed E-state index contributed by atoms with van der Waals surface area (Å²) in [7, 11) is 3.68. The minimum absolute atomic E-state index is 1.13. The van der Waals surface area contributed by atoms with Crippen molar-refractivity contribution in [1.29, 1.82) is 0 Å². The van der Waals surface area contributed by atoms with Gasteiger partial charge in [-0.2, -0.15) is 0 Å².